The van der Waals surface area contributed by atoms with E-state index in [1.807, 2.05) is 29.8 Å². The lowest BCUT2D eigenvalue weighted by Gasteiger charge is -2.19. The molecule has 5 heteroatoms. The Bertz CT molecular complexity index is 674. The highest BCUT2D eigenvalue weighted by atomic mass is 35.5. The van der Waals surface area contributed by atoms with Gasteiger partial charge in [-0.05, 0) is 38.0 Å². The van der Waals surface area contributed by atoms with Crippen LogP contribution in [-0.2, 0) is 4.79 Å². The van der Waals surface area contributed by atoms with Crippen LogP contribution in [0.5, 0.6) is 0 Å². The molecule has 0 aliphatic heterocycles. The summed E-state index contributed by atoms with van der Waals surface area (Å²) in [5.41, 5.74) is 0.890. The lowest BCUT2D eigenvalue weighted by Crippen LogP contribution is -2.37. The zero-order valence-electron chi connectivity index (χ0n) is 11.9. The molecule has 1 aromatic heterocycles. The van der Waals surface area contributed by atoms with Gasteiger partial charge in [0.15, 0.2) is 0 Å². The highest BCUT2D eigenvalue weighted by molar-refractivity contribution is 6.38. The van der Waals surface area contributed by atoms with Crippen LogP contribution >= 0.6 is 23.2 Å². The van der Waals surface area contributed by atoms with Crippen molar-refractivity contribution in [1.29, 1.82) is 0 Å². The number of benzene rings is 1. The van der Waals surface area contributed by atoms with E-state index in [9.17, 15) is 4.79 Å². The van der Waals surface area contributed by atoms with E-state index in [2.05, 4.69) is 5.32 Å². The molecule has 1 fully saturated rings. The van der Waals surface area contributed by atoms with Gasteiger partial charge in [0.1, 0.15) is 6.04 Å². The summed E-state index contributed by atoms with van der Waals surface area (Å²) in [6.07, 6.45) is 6.48. The maximum absolute atomic E-state index is 12.4. The molecule has 1 amide bonds. The molecule has 0 spiro atoms. The molecule has 3 nitrogen and oxygen atoms in total. The standard InChI is InChI=1S/C16H18Cl2N2O/c1-10(16(21)19-12-4-2-3-5-12)20-7-6-13-14(18)8-11(17)9-15(13)20/h6-10,12H,2-5H2,1H3,(H,19,21). The monoisotopic (exact) mass is 324 g/mol. The van der Waals surface area contributed by atoms with Gasteiger partial charge in [-0.3, -0.25) is 4.79 Å². The molecule has 1 heterocycles. The Kier molecular flexibility index (Phi) is 4.14. The van der Waals surface area contributed by atoms with Crippen LogP contribution < -0.4 is 5.32 Å². The minimum Gasteiger partial charge on any atom is -0.352 e. The van der Waals surface area contributed by atoms with Crippen LogP contribution in [0.15, 0.2) is 24.4 Å². The van der Waals surface area contributed by atoms with Crippen molar-refractivity contribution in [3.05, 3.63) is 34.4 Å². The first-order chi connectivity index (χ1) is 10.1. The Morgan fingerprint density at radius 3 is 2.76 bits per heavy atom. The van der Waals surface area contributed by atoms with Crippen molar-refractivity contribution < 1.29 is 4.79 Å². The molecule has 1 N–H and O–H groups in total. The molecule has 2 aromatic rings. The number of nitrogens with one attached hydrogen (secondary N) is 1. The van der Waals surface area contributed by atoms with Crippen LogP contribution in [0.25, 0.3) is 10.9 Å². The van der Waals surface area contributed by atoms with Gasteiger partial charge in [0.2, 0.25) is 5.91 Å². The highest BCUT2D eigenvalue weighted by Gasteiger charge is 2.22. The molecule has 1 atom stereocenters. The van der Waals surface area contributed by atoms with Crippen molar-refractivity contribution in [3.8, 4) is 0 Å². The lowest BCUT2D eigenvalue weighted by molar-refractivity contribution is -0.124. The Morgan fingerprint density at radius 2 is 2.05 bits per heavy atom. The molecular formula is C16H18Cl2N2O. The maximum Gasteiger partial charge on any atom is 0.242 e. The number of fused-ring (bicyclic) bond motifs is 1. The van der Waals surface area contributed by atoms with Crippen LogP contribution in [0.4, 0.5) is 0 Å². The summed E-state index contributed by atoms with van der Waals surface area (Å²) in [4.78, 5) is 12.4. The molecule has 1 unspecified atom stereocenters. The SMILES string of the molecule is CC(C(=O)NC1CCCC1)n1ccc2c(Cl)cc(Cl)cc21. The van der Waals surface area contributed by atoms with Crippen LogP contribution in [0.2, 0.25) is 10.0 Å². The van der Waals surface area contributed by atoms with E-state index in [1.54, 1.807) is 6.07 Å². The highest BCUT2D eigenvalue weighted by Crippen LogP contribution is 2.30. The number of halogens is 2. The third kappa shape index (κ3) is 2.90. The first-order valence-electron chi connectivity index (χ1n) is 7.32. The van der Waals surface area contributed by atoms with Crippen molar-refractivity contribution in [1.82, 2.24) is 9.88 Å². The Morgan fingerprint density at radius 1 is 1.33 bits per heavy atom. The zero-order valence-corrected chi connectivity index (χ0v) is 13.4. The van der Waals surface area contributed by atoms with E-state index < -0.39 is 0 Å². The molecule has 0 bridgehead atoms. The molecule has 1 aromatic carbocycles. The van der Waals surface area contributed by atoms with Crippen molar-refractivity contribution in [2.75, 3.05) is 0 Å². The van der Waals surface area contributed by atoms with Gasteiger partial charge < -0.3 is 9.88 Å². The van der Waals surface area contributed by atoms with E-state index in [0.717, 1.165) is 23.7 Å². The third-order valence-electron chi connectivity index (χ3n) is 4.25. The Labute approximate surface area is 134 Å². The summed E-state index contributed by atoms with van der Waals surface area (Å²) in [6.45, 7) is 1.90. The largest absolute Gasteiger partial charge is 0.352 e. The van der Waals surface area contributed by atoms with Crippen molar-refractivity contribution in [2.24, 2.45) is 0 Å². The molecule has 1 saturated carbocycles. The van der Waals surface area contributed by atoms with Gasteiger partial charge >= 0.3 is 0 Å². The smallest absolute Gasteiger partial charge is 0.242 e. The van der Waals surface area contributed by atoms with E-state index in [0.29, 0.717) is 16.1 Å². The summed E-state index contributed by atoms with van der Waals surface area (Å²) in [5, 5.41) is 5.24. The van der Waals surface area contributed by atoms with Gasteiger partial charge in [0, 0.05) is 22.6 Å². The first kappa shape index (κ1) is 14.7. The number of hydrogen-bond donors (Lipinski definition) is 1. The van der Waals surface area contributed by atoms with Crippen molar-refractivity contribution >= 4 is 40.0 Å². The topological polar surface area (TPSA) is 34.0 Å². The van der Waals surface area contributed by atoms with Crippen molar-refractivity contribution in [3.63, 3.8) is 0 Å². The predicted octanol–water partition coefficient (Wildman–Crippen LogP) is 4.57. The molecule has 0 saturated heterocycles. The fraction of sp³-hybridized carbons (Fsp3) is 0.438. The van der Waals surface area contributed by atoms with Gasteiger partial charge in [-0.15, -0.1) is 0 Å². The normalized spacial score (nSPS) is 17.3. The maximum atomic E-state index is 12.4. The molecule has 0 radical (unpaired) electrons. The number of rotatable bonds is 3. The second-order valence-electron chi connectivity index (χ2n) is 5.71. The minimum atomic E-state index is -0.280. The summed E-state index contributed by atoms with van der Waals surface area (Å²) in [5.74, 6) is 0.0514. The Balaban J connectivity index is 1.87. The third-order valence-corrected chi connectivity index (χ3v) is 4.78. The molecule has 1 aliphatic carbocycles. The number of aromatic nitrogens is 1. The zero-order chi connectivity index (χ0) is 15.0. The lowest BCUT2D eigenvalue weighted by atomic mass is 10.2. The number of hydrogen-bond acceptors (Lipinski definition) is 1. The molecular weight excluding hydrogens is 307 g/mol. The fourth-order valence-corrected chi connectivity index (χ4v) is 3.59. The van der Waals surface area contributed by atoms with E-state index in [4.69, 9.17) is 23.2 Å². The number of carbonyl (C=O) groups excluding carboxylic acids is 1. The second kappa shape index (κ2) is 5.90. The van der Waals surface area contributed by atoms with Gasteiger partial charge in [-0.1, -0.05) is 36.0 Å². The molecule has 3 rings (SSSR count). The molecule has 1 aliphatic rings. The summed E-state index contributed by atoms with van der Waals surface area (Å²) in [6, 6.07) is 5.54. The van der Waals surface area contributed by atoms with E-state index in [1.165, 1.54) is 12.8 Å². The summed E-state index contributed by atoms with van der Waals surface area (Å²) < 4.78 is 1.93. The van der Waals surface area contributed by atoms with Crippen molar-refractivity contribution in [2.45, 2.75) is 44.7 Å². The van der Waals surface area contributed by atoms with Gasteiger partial charge in [0.25, 0.3) is 0 Å². The quantitative estimate of drug-likeness (QED) is 0.881. The van der Waals surface area contributed by atoms with Crippen LogP contribution in [0.3, 0.4) is 0 Å². The van der Waals surface area contributed by atoms with Crippen LogP contribution in [-0.4, -0.2) is 16.5 Å². The fourth-order valence-electron chi connectivity index (χ4n) is 3.04. The molecule has 21 heavy (non-hydrogen) atoms. The van der Waals surface area contributed by atoms with Gasteiger partial charge in [0.05, 0.1) is 10.5 Å². The minimum absolute atomic E-state index is 0.0514. The van der Waals surface area contributed by atoms with E-state index >= 15 is 0 Å². The first-order valence-corrected chi connectivity index (χ1v) is 8.08. The van der Waals surface area contributed by atoms with Gasteiger partial charge in [-0.25, -0.2) is 0 Å². The number of carbonyl (C=O) groups is 1. The molecule has 112 valence electrons. The van der Waals surface area contributed by atoms with Crippen LogP contribution in [0, 0.1) is 0 Å². The van der Waals surface area contributed by atoms with Crippen LogP contribution in [0.1, 0.15) is 38.6 Å². The average molecular weight is 325 g/mol. The van der Waals surface area contributed by atoms with E-state index in [-0.39, 0.29) is 11.9 Å². The number of amides is 1. The summed E-state index contributed by atoms with van der Waals surface area (Å²) >= 11 is 12.3. The summed E-state index contributed by atoms with van der Waals surface area (Å²) in [7, 11) is 0. The second-order valence-corrected chi connectivity index (χ2v) is 6.55. The Hall–Kier alpha value is -1.19. The van der Waals surface area contributed by atoms with Gasteiger partial charge in [-0.2, -0.15) is 0 Å². The average Bonchev–Trinajstić information content (AvgIpc) is 3.07. The predicted molar refractivity (Wildman–Crippen MR) is 87.1 cm³/mol. The number of nitrogens with zero attached hydrogens (tertiary/aromatic N) is 1.